The average Bonchev–Trinajstić information content (AvgIpc) is 3.13. The third-order valence-electron chi connectivity index (χ3n) is 4.11. The molecule has 1 heterocycles. The zero-order valence-electron chi connectivity index (χ0n) is 16.0. The molecule has 3 rings (SSSR count). The first-order chi connectivity index (χ1) is 14.8. The van der Waals surface area contributed by atoms with Gasteiger partial charge in [0.25, 0.3) is 5.91 Å². The number of rotatable bonds is 5. The second kappa shape index (κ2) is 8.77. The summed E-state index contributed by atoms with van der Waals surface area (Å²) < 4.78 is 94.8. The number of halogens is 7. The molecule has 2 aromatic carbocycles. The van der Waals surface area contributed by atoms with Gasteiger partial charge < -0.3 is 10.1 Å². The Bertz CT molecular complexity index is 1130. The van der Waals surface area contributed by atoms with Gasteiger partial charge in [0.1, 0.15) is 21.5 Å². The van der Waals surface area contributed by atoms with Crippen molar-refractivity contribution in [2.24, 2.45) is 0 Å². The molecular weight excluding hydrogens is 465 g/mol. The number of amides is 1. The first kappa shape index (κ1) is 23.5. The van der Waals surface area contributed by atoms with Gasteiger partial charge in [0.15, 0.2) is 5.69 Å². The number of nitrogens with zero attached hydrogens (tertiary/aromatic N) is 1. The summed E-state index contributed by atoms with van der Waals surface area (Å²) in [7, 11) is 0. The maximum atomic E-state index is 13.5. The first-order valence-electron chi connectivity index (χ1n) is 8.84. The number of ether oxygens (including phenoxy) is 1. The average molecular weight is 478 g/mol. The minimum Gasteiger partial charge on any atom is -0.406 e. The van der Waals surface area contributed by atoms with Crippen LogP contribution in [0.25, 0.3) is 10.6 Å². The standard InChI is InChI=1S/C20H13F7N2O2S/c1-10(11-4-3-7-14(9-11)31-20(25,26)27)28-17(30)15-16(19(22,23)24)29-18(32-15)12-5-2-6-13(21)8-12/h2-10H,1H3,(H,28,30). The number of thiazole rings is 1. The number of carbonyl (C=O) groups excluding carboxylic acids is 1. The molecule has 0 spiro atoms. The Morgan fingerprint density at radius 1 is 1.06 bits per heavy atom. The highest BCUT2D eigenvalue weighted by molar-refractivity contribution is 7.17. The molecule has 0 saturated carbocycles. The van der Waals surface area contributed by atoms with Gasteiger partial charge in [-0.05, 0) is 36.8 Å². The summed E-state index contributed by atoms with van der Waals surface area (Å²) >= 11 is 0.421. The lowest BCUT2D eigenvalue weighted by atomic mass is 10.1. The zero-order chi connectivity index (χ0) is 23.7. The van der Waals surface area contributed by atoms with E-state index in [0.29, 0.717) is 11.3 Å². The van der Waals surface area contributed by atoms with Crippen molar-refractivity contribution in [3.05, 3.63) is 70.5 Å². The molecule has 32 heavy (non-hydrogen) atoms. The molecule has 0 saturated heterocycles. The minimum absolute atomic E-state index is 0.0598. The van der Waals surface area contributed by atoms with Crippen LogP contribution < -0.4 is 10.1 Å². The zero-order valence-corrected chi connectivity index (χ0v) is 16.8. The van der Waals surface area contributed by atoms with E-state index < -0.39 is 46.6 Å². The largest absolute Gasteiger partial charge is 0.573 e. The molecule has 3 aromatic rings. The van der Waals surface area contributed by atoms with Crippen molar-refractivity contribution in [3.63, 3.8) is 0 Å². The quantitative estimate of drug-likeness (QED) is 0.435. The van der Waals surface area contributed by atoms with Crippen LogP contribution in [-0.4, -0.2) is 17.3 Å². The minimum atomic E-state index is -4.96. The van der Waals surface area contributed by atoms with Gasteiger partial charge in [0, 0.05) is 5.56 Å². The van der Waals surface area contributed by atoms with E-state index >= 15 is 0 Å². The molecule has 0 fully saturated rings. The normalized spacial score (nSPS) is 13.0. The van der Waals surface area contributed by atoms with Gasteiger partial charge in [-0.1, -0.05) is 24.3 Å². The van der Waals surface area contributed by atoms with E-state index in [1.165, 1.54) is 31.2 Å². The van der Waals surface area contributed by atoms with Crippen LogP contribution in [0.15, 0.2) is 48.5 Å². The SMILES string of the molecule is CC(NC(=O)c1sc(-c2cccc(F)c2)nc1C(F)(F)F)c1cccc(OC(F)(F)F)c1. The van der Waals surface area contributed by atoms with Crippen molar-refractivity contribution < 1.29 is 40.3 Å². The monoisotopic (exact) mass is 478 g/mol. The Balaban J connectivity index is 1.88. The number of hydrogen-bond donors (Lipinski definition) is 1. The van der Waals surface area contributed by atoms with E-state index in [1.54, 1.807) is 0 Å². The molecule has 12 heteroatoms. The van der Waals surface area contributed by atoms with Gasteiger partial charge in [-0.2, -0.15) is 13.2 Å². The van der Waals surface area contributed by atoms with Crippen molar-refractivity contribution in [2.75, 3.05) is 0 Å². The number of aromatic nitrogens is 1. The van der Waals surface area contributed by atoms with Crippen LogP contribution in [0, 0.1) is 5.82 Å². The maximum Gasteiger partial charge on any atom is 0.573 e. The van der Waals surface area contributed by atoms with Crippen LogP contribution in [0.4, 0.5) is 30.7 Å². The summed E-state index contributed by atoms with van der Waals surface area (Å²) in [4.78, 5) is 15.3. The molecule has 0 radical (unpaired) electrons. The van der Waals surface area contributed by atoms with E-state index in [2.05, 4.69) is 15.0 Å². The number of nitrogens with one attached hydrogen (secondary N) is 1. The van der Waals surface area contributed by atoms with Crippen LogP contribution in [0.1, 0.15) is 33.9 Å². The predicted molar refractivity (Wildman–Crippen MR) is 102 cm³/mol. The lowest BCUT2D eigenvalue weighted by molar-refractivity contribution is -0.274. The van der Waals surface area contributed by atoms with Crippen molar-refractivity contribution in [1.82, 2.24) is 10.3 Å². The molecule has 1 atom stereocenters. The number of benzene rings is 2. The Hall–Kier alpha value is -3.15. The molecule has 0 aliphatic heterocycles. The fraction of sp³-hybridized carbons (Fsp3) is 0.200. The van der Waals surface area contributed by atoms with Crippen molar-refractivity contribution >= 4 is 17.2 Å². The second-order valence-electron chi connectivity index (χ2n) is 6.52. The van der Waals surface area contributed by atoms with Crippen molar-refractivity contribution in [1.29, 1.82) is 0 Å². The molecular formula is C20H13F7N2O2S. The van der Waals surface area contributed by atoms with Gasteiger partial charge in [0.2, 0.25) is 0 Å². The van der Waals surface area contributed by atoms with E-state index in [9.17, 15) is 35.5 Å². The molecule has 1 amide bonds. The number of carbonyl (C=O) groups is 1. The predicted octanol–water partition coefficient (Wildman–Crippen LogP) is 6.36. The summed E-state index contributed by atoms with van der Waals surface area (Å²) in [5.74, 6) is -2.36. The molecule has 0 aliphatic rings. The highest BCUT2D eigenvalue weighted by Gasteiger charge is 2.40. The van der Waals surface area contributed by atoms with Crippen LogP contribution in [0.5, 0.6) is 5.75 Å². The molecule has 4 nitrogen and oxygen atoms in total. The highest BCUT2D eigenvalue weighted by Crippen LogP contribution is 2.38. The van der Waals surface area contributed by atoms with Gasteiger partial charge in [-0.25, -0.2) is 9.37 Å². The molecule has 1 aromatic heterocycles. The molecule has 1 unspecified atom stereocenters. The maximum absolute atomic E-state index is 13.5. The second-order valence-corrected chi connectivity index (χ2v) is 7.52. The Morgan fingerprint density at radius 3 is 2.38 bits per heavy atom. The van der Waals surface area contributed by atoms with Crippen molar-refractivity contribution in [3.8, 4) is 16.3 Å². The molecule has 1 N–H and O–H groups in total. The highest BCUT2D eigenvalue weighted by atomic mass is 32.1. The summed E-state index contributed by atoms with van der Waals surface area (Å²) in [5.41, 5.74) is -1.21. The summed E-state index contributed by atoms with van der Waals surface area (Å²) in [6, 6.07) is 8.44. The summed E-state index contributed by atoms with van der Waals surface area (Å²) in [6.07, 6.45) is -9.89. The lowest BCUT2D eigenvalue weighted by Gasteiger charge is -2.16. The van der Waals surface area contributed by atoms with Gasteiger partial charge >= 0.3 is 12.5 Å². The smallest absolute Gasteiger partial charge is 0.406 e. The van der Waals surface area contributed by atoms with E-state index in [4.69, 9.17) is 0 Å². The summed E-state index contributed by atoms with van der Waals surface area (Å²) in [6.45, 7) is 1.38. The van der Waals surface area contributed by atoms with Crippen LogP contribution in [-0.2, 0) is 6.18 Å². The Morgan fingerprint density at radius 2 is 1.75 bits per heavy atom. The molecule has 0 aliphatic carbocycles. The Kier molecular flexibility index (Phi) is 6.44. The topological polar surface area (TPSA) is 51.2 Å². The van der Waals surface area contributed by atoms with Crippen molar-refractivity contribution in [2.45, 2.75) is 25.5 Å². The van der Waals surface area contributed by atoms with Gasteiger partial charge in [0.05, 0.1) is 6.04 Å². The van der Waals surface area contributed by atoms with Crippen LogP contribution in [0.3, 0.4) is 0 Å². The van der Waals surface area contributed by atoms with Gasteiger partial charge in [-0.3, -0.25) is 4.79 Å². The number of hydrogen-bond acceptors (Lipinski definition) is 4. The lowest BCUT2D eigenvalue weighted by Crippen LogP contribution is -2.28. The number of alkyl halides is 6. The molecule has 170 valence electrons. The van der Waals surface area contributed by atoms with E-state index in [0.717, 1.165) is 24.3 Å². The van der Waals surface area contributed by atoms with Crippen LogP contribution >= 0.6 is 11.3 Å². The summed E-state index contributed by atoms with van der Waals surface area (Å²) in [5, 5.41) is 2.10. The van der Waals surface area contributed by atoms with E-state index in [1.807, 2.05) is 0 Å². The fourth-order valence-corrected chi connectivity index (χ4v) is 3.72. The fourth-order valence-electron chi connectivity index (χ4n) is 2.74. The first-order valence-corrected chi connectivity index (χ1v) is 9.65. The Labute approximate surface area is 180 Å². The van der Waals surface area contributed by atoms with Crippen LogP contribution in [0.2, 0.25) is 0 Å². The third-order valence-corrected chi connectivity index (χ3v) is 5.22. The van der Waals surface area contributed by atoms with Gasteiger partial charge in [-0.15, -0.1) is 24.5 Å². The molecule has 0 bridgehead atoms. The van der Waals surface area contributed by atoms with E-state index in [-0.39, 0.29) is 16.1 Å². The third kappa shape index (κ3) is 5.75.